The van der Waals surface area contributed by atoms with E-state index in [0.717, 1.165) is 0 Å². The number of aliphatic hydroxyl groups is 1. The number of carbonyl (C=O) groups excluding carboxylic acids is 1. The Hall–Kier alpha value is 0.360. The Kier molecular flexibility index (Phi) is 3.55. The molecule has 0 bridgehead atoms. The third-order valence-electron chi connectivity index (χ3n) is 0.864. The van der Waals surface area contributed by atoms with Crippen molar-refractivity contribution in [3.05, 3.63) is 0 Å². The van der Waals surface area contributed by atoms with Crippen molar-refractivity contribution in [1.29, 1.82) is 0 Å². The number of carbonyl (C=O) groups is 1. The molecule has 0 aromatic rings. The van der Waals surface area contributed by atoms with Gasteiger partial charge in [0.15, 0.2) is 0 Å². The molecule has 0 heterocycles. The summed E-state index contributed by atoms with van der Waals surface area (Å²) in [4.78, 5) is 10.3. The number of halogens is 1. The number of rotatable bonds is 2. The molecule has 0 rings (SSSR count). The first kappa shape index (κ1) is 8.36. The van der Waals surface area contributed by atoms with Crippen LogP contribution in [0.15, 0.2) is 0 Å². The molecule has 0 aromatic carbocycles. The number of aliphatic hydroxyl groups excluding tert-OH is 1. The van der Waals surface area contributed by atoms with Gasteiger partial charge in [-0.25, -0.2) is 0 Å². The van der Waals surface area contributed by atoms with Crippen LogP contribution in [-0.2, 0) is 4.79 Å². The van der Waals surface area contributed by atoms with E-state index in [1.54, 1.807) is 36.4 Å². The number of hydrogen-bond donors (Lipinski definition) is 1. The highest BCUT2D eigenvalue weighted by atomic mass is 127. The fourth-order valence-electron chi connectivity index (χ4n) is 0.262. The maximum Gasteiger partial charge on any atom is 0.220 e. The minimum Gasteiger partial charge on any atom is -0.384 e. The average molecular weight is 228 g/mol. The van der Waals surface area contributed by atoms with Gasteiger partial charge in [-0.1, -0.05) is 13.8 Å². The highest BCUT2D eigenvalue weighted by molar-refractivity contribution is 14.1. The maximum atomic E-state index is 10.3. The third kappa shape index (κ3) is 2.61. The summed E-state index contributed by atoms with van der Waals surface area (Å²) in [6, 6.07) is 0. The Morgan fingerprint density at radius 3 is 2.00 bits per heavy atom. The zero-order valence-electron chi connectivity index (χ0n) is 4.89. The topological polar surface area (TPSA) is 37.3 Å². The molecule has 0 amide bonds. The first-order valence-corrected chi connectivity index (χ1v) is 3.51. The summed E-state index contributed by atoms with van der Waals surface area (Å²) in [5.74, 6) is 0.0411. The molecule has 0 aliphatic rings. The van der Waals surface area contributed by atoms with Gasteiger partial charge in [0, 0.05) is 22.6 Å². The van der Waals surface area contributed by atoms with Crippen molar-refractivity contribution in [2.24, 2.45) is 5.92 Å². The molecule has 0 unspecified atom stereocenters. The van der Waals surface area contributed by atoms with E-state index >= 15 is 0 Å². The van der Waals surface area contributed by atoms with Crippen molar-refractivity contribution < 1.29 is 9.90 Å². The van der Waals surface area contributed by atoms with Gasteiger partial charge >= 0.3 is 0 Å². The van der Waals surface area contributed by atoms with Crippen LogP contribution in [0.5, 0.6) is 0 Å². The largest absolute Gasteiger partial charge is 0.384 e. The third-order valence-corrected chi connectivity index (χ3v) is 1.50. The lowest BCUT2D eigenvalue weighted by atomic mass is 10.1. The zero-order chi connectivity index (χ0) is 6.73. The summed E-state index contributed by atoms with van der Waals surface area (Å²) >= 11 is 1.59. The normalized spacial score (nSPS) is 14.1. The fraction of sp³-hybridized carbons (Fsp3) is 0.800. The van der Waals surface area contributed by atoms with E-state index in [-0.39, 0.29) is 9.71 Å². The van der Waals surface area contributed by atoms with E-state index in [1.807, 2.05) is 0 Å². The predicted molar refractivity (Wildman–Crippen MR) is 39.9 cm³/mol. The van der Waals surface area contributed by atoms with E-state index < -0.39 is 6.10 Å². The molecule has 0 spiro atoms. The van der Waals surface area contributed by atoms with Crippen LogP contribution in [0.4, 0.5) is 0 Å². The summed E-state index contributed by atoms with van der Waals surface area (Å²) < 4.78 is -0.183. The molecular weight excluding hydrogens is 219 g/mol. The minimum atomic E-state index is -0.782. The van der Waals surface area contributed by atoms with Crippen LogP contribution in [0.25, 0.3) is 0 Å². The SMILES string of the molecule is CC(C)[C@H](O)C(=O)I. The van der Waals surface area contributed by atoms with E-state index in [0.29, 0.717) is 0 Å². The van der Waals surface area contributed by atoms with Crippen molar-refractivity contribution >= 4 is 26.4 Å². The lowest BCUT2D eigenvalue weighted by Crippen LogP contribution is -2.20. The quantitative estimate of drug-likeness (QED) is 0.564. The van der Waals surface area contributed by atoms with Gasteiger partial charge in [0.2, 0.25) is 3.79 Å². The molecule has 1 atom stereocenters. The van der Waals surface area contributed by atoms with Gasteiger partial charge in [-0.05, 0) is 5.92 Å². The van der Waals surface area contributed by atoms with Crippen molar-refractivity contribution in [1.82, 2.24) is 0 Å². The molecule has 0 fully saturated rings. The van der Waals surface area contributed by atoms with Crippen LogP contribution in [0.1, 0.15) is 13.8 Å². The van der Waals surface area contributed by atoms with Gasteiger partial charge in [-0.15, -0.1) is 0 Å². The minimum absolute atomic E-state index is 0.0411. The van der Waals surface area contributed by atoms with Gasteiger partial charge in [0.25, 0.3) is 0 Å². The molecule has 48 valence electrons. The molecule has 3 heteroatoms. The van der Waals surface area contributed by atoms with Crippen molar-refractivity contribution in [2.45, 2.75) is 20.0 Å². The molecule has 0 radical (unpaired) electrons. The fourth-order valence-corrected chi connectivity index (χ4v) is 0.981. The van der Waals surface area contributed by atoms with Crippen LogP contribution in [0, 0.1) is 5.92 Å². The summed E-state index contributed by atoms with van der Waals surface area (Å²) in [5, 5.41) is 8.85. The van der Waals surface area contributed by atoms with Gasteiger partial charge in [0.1, 0.15) is 6.10 Å². The van der Waals surface area contributed by atoms with Gasteiger partial charge in [-0.2, -0.15) is 0 Å². The second kappa shape index (κ2) is 3.40. The van der Waals surface area contributed by atoms with Crippen LogP contribution in [-0.4, -0.2) is 15.0 Å². The lowest BCUT2D eigenvalue weighted by Gasteiger charge is -2.07. The lowest BCUT2D eigenvalue weighted by molar-refractivity contribution is -0.118. The number of hydrogen-bond acceptors (Lipinski definition) is 2. The smallest absolute Gasteiger partial charge is 0.220 e. The zero-order valence-corrected chi connectivity index (χ0v) is 7.05. The molecule has 1 N–H and O–H groups in total. The average Bonchev–Trinajstić information content (AvgIpc) is 1.64. The van der Waals surface area contributed by atoms with Crippen LogP contribution < -0.4 is 0 Å². The Morgan fingerprint density at radius 1 is 1.62 bits per heavy atom. The highest BCUT2D eigenvalue weighted by Crippen LogP contribution is 2.05. The monoisotopic (exact) mass is 228 g/mol. The summed E-state index contributed by atoms with van der Waals surface area (Å²) in [5.41, 5.74) is 0. The summed E-state index contributed by atoms with van der Waals surface area (Å²) in [7, 11) is 0. The van der Waals surface area contributed by atoms with E-state index in [9.17, 15) is 4.79 Å². The van der Waals surface area contributed by atoms with Crippen LogP contribution >= 0.6 is 22.6 Å². The molecule has 0 aliphatic heterocycles. The van der Waals surface area contributed by atoms with E-state index in [2.05, 4.69) is 0 Å². The highest BCUT2D eigenvalue weighted by Gasteiger charge is 2.14. The van der Waals surface area contributed by atoms with Crippen molar-refractivity contribution in [3.8, 4) is 0 Å². The van der Waals surface area contributed by atoms with E-state index in [4.69, 9.17) is 5.11 Å². The molecule has 8 heavy (non-hydrogen) atoms. The predicted octanol–water partition coefficient (Wildman–Crippen LogP) is 0.965. The molecule has 0 saturated carbocycles. The van der Waals surface area contributed by atoms with Gasteiger partial charge < -0.3 is 5.11 Å². The summed E-state index contributed by atoms with van der Waals surface area (Å²) in [6.45, 7) is 3.61. The molecule has 0 saturated heterocycles. The molecule has 2 nitrogen and oxygen atoms in total. The van der Waals surface area contributed by atoms with Gasteiger partial charge in [0.05, 0.1) is 0 Å². The molecule has 0 aromatic heterocycles. The van der Waals surface area contributed by atoms with Crippen LogP contribution in [0.2, 0.25) is 0 Å². The Balaban J connectivity index is 3.64. The first-order valence-electron chi connectivity index (χ1n) is 2.43. The Morgan fingerprint density at radius 2 is 2.00 bits per heavy atom. The molecular formula is C5H9IO2. The van der Waals surface area contributed by atoms with Crippen molar-refractivity contribution in [3.63, 3.8) is 0 Å². The standard InChI is InChI=1S/C5H9IO2/c1-3(2)4(7)5(6)8/h3-4,7H,1-2H3/t4-/m0/s1. The second-order valence-electron chi connectivity index (χ2n) is 1.99. The maximum absolute atomic E-state index is 10.3. The van der Waals surface area contributed by atoms with Crippen LogP contribution in [0.3, 0.4) is 0 Å². The van der Waals surface area contributed by atoms with Gasteiger partial charge in [-0.3, -0.25) is 4.79 Å². The van der Waals surface area contributed by atoms with Crippen molar-refractivity contribution in [2.75, 3.05) is 0 Å². The van der Waals surface area contributed by atoms with E-state index in [1.165, 1.54) is 0 Å². The Labute approximate surface area is 62.4 Å². The second-order valence-corrected chi connectivity index (χ2v) is 3.06. The first-order chi connectivity index (χ1) is 3.55. The molecule has 0 aliphatic carbocycles. The summed E-state index contributed by atoms with van der Waals surface area (Å²) in [6.07, 6.45) is -0.782. The Bertz CT molecular complexity index is 90.4.